The first kappa shape index (κ1) is 19.1. The smallest absolute Gasteiger partial charge is 0.345 e. The minimum atomic E-state index is -2.38. The lowest BCUT2D eigenvalue weighted by Gasteiger charge is -2.39. The fourth-order valence-corrected chi connectivity index (χ4v) is 7.50. The van der Waals surface area contributed by atoms with Gasteiger partial charge in [-0.3, -0.25) is 0 Å². The zero-order valence-corrected chi connectivity index (χ0v) is 16.6. The van der Waals surface area contributed by atoms with E-state index in [1.54, 1.807) is 0 Å². The van der Waals surface area contributed by atoms with Crippen LogP contribution in [0.2, 0.25) is 11.6 Å². The average molecular weight is 367 g/mol. The second-order valence-corrected chi connectivity index (χ2v) is 10.6. The summed E-state index contributed by atoms with van der Waals surface area (Å²) in [6.07, 6.45) is 8.39. The van der Waals surface area contributed by atoms with Crippen molar-refractivity contribution in [3.63, 3.8) is 0 Å². The molecule has 3 rings (SSSR count). The Bertz CT molecular complexity index is 607. The highest BCUT2D eigenvalue weighted by Crippen LogP contribution is 2.41. The summed E-state index contributed by atoms with van der Waals surface area (Å²) in [6.45, 7) is 5.29. The van der Waals surface area contributed by atoms with Crippen molar-refractivity contribution in [1.29, 1.82) is 0 Å². The molecule has 0 unspecified atom stereocenters. The predicted octanol–water partition coefficient (Wildman–Crippen LogP) is 6.38. The first-order valence-electron chi connectivity index (χ1n) is 9.79. The van der Waals surface area contributed by atoms with Crippen molar-refractivity contribution >= 4 is 8.56 Å². The SMILES string of the molecule is C=CC[Si](OCc1ccccc1)(OCc1ccccc1)C1CCCCC1. The van der Waals surface area contributed by atoms with Gasteiger partial charge in [-0.25, -0.2) is 0 Å². The minimum absolute atomic E-state index is 0.557. The topological polar surface area (TPSA) is 18.5 Å². The molecule has 26 heavy (non-hydrogen) atoms. The van der Waals surface area contributed by atoms with Gasteiger partial charge in [0.05, 0.1) is 13.2 Å². The van der Waals surface area contributed by atoms with Crippen LogP contribution in [0.15, 0.2) is 73.3 Å². The van der Waals surface area contributed by atoms with Gasteiger partial charge in [0, 0.05) is 11.6 Å². The molecule has 3 heteroatoms. The van der Waals surface area contributed by atoms with Gasteiger partial charge < -0.3 is 8.85 Å². The lowest BCUT2D eigenvalue weighted by atomic mass is 10.0. The Labute approximate surface area is 159 Å². The Balaban J connectivity index is 1.77. The molecule has 1 aliphatic carbocycles. The Kier molecular flexibility index (Phi) is 7.24. The second-order valence-electron chi connectivity index (χ2n) is 7.19. The fraction of sp³-hybridized carbons (Fsp3) is 0.391. The fourth-order valence-electron chi connectivity index (χ4n) is 3.86. The van der Waals surface area contributed by atoms with Crippen LogP contribution >= 0.6 is 0 Å². The third-order valence-corrected chi connectivity index (χ3v) is 9.25. The third kappa shape index (κ3) is 5.16. The van der Waals surface area contributed by atoms with E-state index in [0.29, 0.717) is 18.8 Å². The van der Waals surface area contributed by atoms with Gasteiger partial charge in [0.2, 0.25) is 0 Å². The minimum Gasteiger partial charge on any atom is -0.389 e. The largest absolute Gasteiger partial charge is 0.389 e. The van der Waals surface area contributed by atoms with Crippen LogP contribution in [0.5, 0.6) is 0 Å². The molecule has 0 aromatic heterocycles. The summed E-state index contributed by atoms with van der Waals surface area (Å²) in [7, 11) is -2.38. The number of rotatable bonds is 9. The molecule has 2 aromatic rings. The lowest BCUT2D eigenvalue weighted by Crippen LogP contribution is -2.47. The van der Waals surface area contributed by atoms with Gasteiger partial charge in [0.15, 0.2) is 0 Å². The summed E-state index contributed by atoms with van der Waals surface area (Å²) in [5.41, 5.74) is 2.99. The van der Waals surface area contributed by atoms with Crippen molar-refractivity contribution in [2.45, 2.75) is 56.9 Å². The van der Waals surface area contributed by atoms with E-state index in [9.17, 15) is 0 Å². The van der Waals surface area contributed by atoms with Gasteiger partial charge in [0.25, 0.3) is 0 Å². The van der Waals surface area contributed by atoms with Gasteiger partial charge in [-0.15, -0.1) is 6.58 Å². The molecular formula is C23H30O2Si. The molecule has 1 saturated carbocycles. The predicted molar refractivity (Wildman–Crippen MR) is 110 cm³/mol. The molecule has 1 fully saturated rings. The maximum Gasteiger partial charge on any atom is 0.345 e. The summed E-state index contributed by atoms with van der Waals surface area (Å²) >= 11 is 0. The highest BCUT2D eigenvalue weighted by atomic mass is 28.4. The van der Waals surface area contributed by atoms with Gasteiger partial charge in [-0.05, 0) is 24.0 Å². The molecule has 2 nitrogen and oxygen atoms in total. The Morgan fingerprint density at radius 1 is 0.808 bits per heavy atom. The molecule has 0 N–H and O–H groups in total. The molecule has 0 heterocycles. The molecule has 1 aliphatic rings. The molecule has 2 aromatic carbocycles. The maximum atomic E-state index is 6.66. The normalized spacial score (nSPS) is 15.7. The summed E-state index contributed by atoms with van der Waals surface area (Å²) in [4.78, 5) is 0. The van der Waals surface area contributed by atoms with Crippen LogP contribution in [-0.2, 0) is 22.1 Å². The van der Waals surface area contributed by atoms with Crippen molar-refractivity contribution in [2.75, 3.05) is 0 Å². The molecule has 138 valence electrons. The Morgan fingerprint density at radius 3 is 1.77 bits per heavy atom. The first-order valence-corrected chi connectivity index (χ1v) is 11.9. The molecular weight excluding hydrogens is 336 g/mol. The standard InChI is InChI=1S/C23H30O2Si/c1-2-18-26(23-16-10-5-11-17-23,24-19-21-12-6-3-7-13-21)25-20-22-14-8-4-9-15-22/h2-4,6-9,12-15,23H,1,5,10-11,16-20H2. The van der Waals surface area contributed by atoms with E-state index < -0.39 is 8.56 Å². The highest BCUT2D eigenvalue weighted by Gasteiger charge is 2.45. The quantitative estimate of drug-likeness (QED) is 0.378. The second kappa shape index (κ2) is 9.86. The zero-order valence-electron chi connectivity index (χ0n) is 15.6. The summed E-state index contributed by atoms with van der Waals surface area (Å²) in [6, 6.07) is 21.8. The molecule has 0 bridgehead atoms. The van der Waals surface area contributed by atoms with Gasteiger partial charge in [-0.1, -0.05) is 86.0 Å². The molecule has 0 spiro atoms. The van der Waals surface area contributed by atoms with E-state index in [1.807, 2.05) is 18.2 Å². The van der Waals surface area contributed by atoms with Crippen LogP contribution in [0.4, 0.5) is 0 Å². The number of hydrogen-bond acceptors (Lipinski definition) is 2. The molecule has 0 amide bonds. The first-order chi connectivity index (χ1) is 12.8. The lowest BCUT2D eigenvalue weighted by molar-refractivity contribution is 0.139. The van der Waals surface area contributed by atoms with Crippen molar-refractivity contribution < 1.29 is 8.85 Å². The van der Waals surface area contributed by atoms with Crippen LogP contribution in [0.25, 0.3) is 0 Å². The molecule has 0 radical (unpaired) electrons. The Hall–Kier alpha value is -1.68. The van der Waals surface area contributed by atoms with Crippen LogP contribution in [0, 0.1) is 0 Å². The molecule has 0 aliphatic heterocycles. The molecule has 0 atom stereocenters. The van der Waals surface area contributed by atoms with Gasteiger partial charge in [-0.2, -0.15) is 0 Å². The van der Waals surface area contributed by atoms with Crippen LogP contribution in [0.3, 0.4) is 0 Å². The number of hydrogen-bond donors (Lipinski definition) is 0. The average Bonchev–Trinajstić information content (AvgIpc) is 2.72. The van der Waals surface area contributed by atoms with E-state index in [4.69, 9.17) is 8.85 Å². The van der Waals surface area contributed by atoms with E-state index >= 15 is 0 Å². The van der Waals surface area contributed by atoms with Crippen molar-refractivity contribution in [1.82, 2.24) is 0 Å². The van der Waals surface area contributed by atoms with Crippen LogP contribution in [-0.4, -0.2) is 8.56 Å². The number of benzene rings is 2. The van der Waals surface area contributed by atoms with E-state index in [0.717, 1.165) is 6.04 Å². The molecule has 0 saturated heterocycles. The van der Waals surface area contributed by atoms with E-state index in [2.05, 4.69) is 55.1 Å². The summed E-state index contributed by atoms with van der Waals surface area (Å²) in [5, 5.41) is 0. The van der Waals surface area contributed by atoms with Crippen molar-refractivity contribution in [3.8, 4) is 0 Å². The third-order valence-electron chi connectivity index (χ3n) is 5.31. The maximum absolute atomic E-state index is 6.66. The van der Waals surface area contributed by atoms with Crippen LogP contribution in [0.1, 0.15) is 43.2 Å². The van der Waals surface area contributed by atoms with Gasteiger partial charge >= 0.3 is 8.56 Å². The summed E-state index contributed by atoms with van der Waals surface area (Å²) < 4.78 is 13.3. The zero-order chi connectivity index (χ0) is 18.1. The highest BCUT2D eigenvalue weighted by molar-refractivity contribution is 6.69. The van der Waals surface area contributed by atoms with Crippen molar-refractivity contribution in [2.24, 2.45) is 0 Å². The number of allylic oxidation sites excluding steroid dienone is 1. The van der Waals surface area contributed by atoms with E-state index in [1.165, 1.54) is 43.2 Å². The summed E-state index contributed by atoms with van der Waals surface area (Å²) in [5.74, 6) is 0. The van der Waals surface area contributed by atoms with Crippen LogP contribution < -0.4 is 0 Å². The monoisotopic (exact) mass is 366 g/mol. The van der Waals surface area contributed by atoms with Crippen molar-refractivity contribution in [3.05, 3.63) is 84.4 Å². The Morgan fingerprint density at radius 2 is 1.31 bits per heavy atom. The van der Waals surface area contributed by atoms with Gasteiger partial charge in [0.1, 0.15) is 0 Å². The van der Waals surface area contributed by atoms with E-state index in [-0.39, 0.29) is 0 Å².